The maximum Gasteiger partial charge on any atom is 0.251 e. The number of rotatable bonds is 6. The molecule has 2 atom stereocenters. The number of carbonyl (C=O) groups excluding carboxylic acids is 1. The Balaban J connectivity index is 1.65. The number of halogens is 2. The van der Waals surface area contributed by atoms with Crippen molar-refractivity contribution in [2.24, 2.45) is 5.92 Å². The molecule has 1 aromatic heterocycles. The number of aliphatic hydroxyl groups excluding tert-OH is 1. The summed E-state index contributed by atoms with van der Waals surface area (Å²) in [6.07, 6.45) is 4.85. The number of ether oxygens (including phenoxy) is 1. The quantitative estimate of drug-likeness (QED) is 0.643. The van der Waals surface area contributed by atoms with Crippen molar-refractivity contribution >= 4 is 29.1 Å². The van der Waals surface area contributed by atoms with E-state index in [0.29, 0.717) is 27.3 Å². The van der Waals surface area contributed by atoms with Crippen molar-refractivity contribution in [3.63, 3.8) is 0 Å². The number of hydrogen-bond acceptors (Lipinski definition) is 4. The van der Waals surface area contributed by atoms with E-state index in [1.54, 1.807) is 30.3 Å². The minimum absolute atomic E-state index is 0.0561. The Hall–Kier alpha value is -2.08. The molecule has 3 rings (SSSR count). The van der Waals surface area contributed by atoms with Crippen LogP contribution in [0, 0.1) is 5.92 Å². The van der Waals surface area contributed by atoms with E-state index in [0.717, 1.165) is 31.3 Å². The first-order valence-corrected chi connectivity index (χ1v) is 9.90. The van der Waals surface area contributed by atoms with Crippen LogP contribution in [0.25, 0.3) is 0 Å². The predicted molar refractivity (Wildman–Crippen MR) is 110 cm³/mol. The smallest absolute Gasteiger partial charge is 0.251 e. The predicted octanol–water partition coefficient (Wildman–Crippen LogP) is 5.02. The van der Waals surface area contributed by atoms with Gasteiger partial charge in [0.25, 0.3) is 5.91 Å². The van der Waals surface area contributed by atoms with Gasteiger partial charge in [-0.25, -0.2) is 4.98 Å². The summed E-state index contributed by atoms with van der Waals surface area (Å²) in [4.78, 5) is 16.7. The van der Waals surface area contributed by atoms with Crippen molar-refractivity contribution < 1.29 is 14.6 Å². The fourth-order valence-corrected chi connectivity index (χ4v) is 3.77. The molecule has 2 unspecified atom stereocenters. The van der Waals surface area contributed by atoms with Crippen LogP contribution in [-0.4, -0.2) is 28.6 Å². The third kappa shape index (κ3) is 5.25. The van der Waals surface area contributed by atoms with Crippen molar-refractivity contribution in [1.29, 1.82) is 0 Å². The van der Waals surface area contributed by atoms with E-state index in [4.69, 9.17) is 33.0 Å². The van der Waals surface area contributed by atoms with Crippen LogP contribution in [-0.2, 0) is 0 Å². The lowest BCUT2D eigenvalue weighted by molar-refractivity contribution is 0.0933. The molecule has 1 aliphatic rings. The molecule has 5 nitrogen and oxygen atoms in total. The summed E-state index contributed by atoms with van der Waals surface area (Å²) in [5.74, 6) is 0.931. The summed E-state index contributed by atoms with van der Waals surface area (Å²) in [5, 5.41) is 12.8. The molecule has 1 saturated carbocycles. The Bertz CT molecular complexity index is 872. The first-order chi connectivity index (χ1) is 13.5. The van der Waals surface area contributed by atoms with Crippen LogP contribution in [0.3, 0.4) is 0 Å². The summed E-state index contributed by atoms with van der Waals surface area (Å²) in [5.41, 5.74) is 1.48. The molecule has 2 N–H and O–H groups in total. The Kier molecular flexibility index (Phi) is 6.94. The SMILES string of the molecule is C=C1CC(CCO)CCC1NC(=O)c1cccc(Oc2ncc(Cl)cc2Cl)c1. The van der Waals surface area contributed by atoms with Gasteiger partial charge in [0.2, 0.25) is 5.88 Å². The van der Waals surface area contributed by atoms with Gasteiger partial charge in [-0.1, -0.05) is 41.4 Å². The molecule has 0 saturated heterocycles. The topological polar surface area (TPSA) is 71.5 Å². The lowest BCUT2D eigenvalue weighted by atomic mass is 9.81. The number of amides is 1. The molecule has 0 bridgehead atoms. The number of hydrogen-bond donors (Lipinski definition) is 2. The second kappa shape index (κ2) is 9.41. The zero-order valence-electron chi connectivity index (χ0n) is 15.3. The van der Waals surface area contributed by atoms with Gasteiger partial charge in [-0.05, 0) is 55.9 Å². The lowest BCUT2D eigenvalue weighted by Gasteiger charge is -2.31. The molecule has 1 amide bonds. The molecule has 28 heavy (non-hydrogen) atoms. The second-order valence-electron chi connectivity index (χ2n) is 6.91. The molecule has 1 heterocycles. The highest BCUT2D eigenvalue weighted by molar-refractivity contribution is 6.35. The number of aromatic nitrogens is 1. The molecule has 0 radical (unpaired) electrons. The summed E-state index contributed by atoms with van der Waals surface area (Å²) >= 11 is 11.9. The number of aliphatic hydroxyl groups is 1. The van der Waals surface area contributed by atoms with E-state index in [2.05, 4.69) is 16.9 Å². The zero-order chi connectivity index (χ0) is 20.1. The Morgan fingerprint density at radius 2 is 2.14 bits per heavy atom. The van der Waals surface area contributed by atoms with Crippen LogP contribution in [0.1, 0.15) is 36.0 Å². The van der Waals surface area contributed by atoms with E-state index in [1.807, 2.05) is 0 Å². The average Bonchev–Trinajstić information content (AvgIpc) is 2.67. The Morgan fingerprint density at radius 1 is 1.32 bits per heavy atom. The third-order valence-corrected chi connectivity index (χ3v) is 5.31. The normalized spacial score (nSPS) is 19.3. The number of pyridine rings is 1. The zero-order valence-corrected chi connectivity index (χ0v) is 16.8. The highest BCUT2D eigenvalue weighted by Crippen LogP contribution is 2.31. The maximum absolute atomic E-state index is 12.7. The monoisotopic (exact) mass is 420 g/mol. The van der Waals surface area contributed by atoms with E-state index in [9.17, 15) is 4.79 Å². The van der Waals surface area contributed by atoms with Gasteiger partial charge in [0.1, 0.15) is 10.8 Å². The Morgan fingerprint density at radius 3 is 2.86 bits per heavy atom. The second-order valence-corrected chi connectivity index (χ2v) is 7.76. The summed E-state index contributed by atoms with van der Waals surface area (Å²) < 4.78 is 5.68. The minimum atomic E-state index is -0.188. The number of benzene rings is 1. The van der Waals surface area contributed by atoms with Crippen LogP contribution in [0.4, 0.5) is 0 Å². The average molecular weight is 421 g/mol. The molecule has 148 valence electrons. The third-order valence-electron chi connectivity index (χ3n) is 4.83. The summed E-state index contributed by atoms with van der Waals surface area (Å²) in [6, 6.07) is 8.31. The van der Waals surface area contributed by atoms with Gasteiger partial charge in [-0.2, -0.15) is 0 Å². The van der Waals surface area contributed by atoms with Gasteiger partial charge in [-0.3, -0.25) is 4.79 Å². The first kappa shape index (κ1) is 20.6. The molecular formula is C21H22Cl2N2O3. The van der Waals surface area contributed by atoms with Gasteiger partial charge in [0, 0.05) is 18.4 Å². The van der Waals surface area contributed by atoms with Gasteiger partial charge >= 0.3 is 0 Å². The van der Waals surface area contributed by atoms with Crippen LogP contribution in [0.5, 0.6) is 11.6 Å². The first-order valence-electron chi connectivity index (χ1n) is 9.14. The van der Waals surface area contributed by atoms with Crippen molar-refractivity contribution in [1.82, 2.24) is 10.3 Å². The Labute approximate surface area is 174 Å². The molecular weight excluding hydrogens is 399 g/mol. The molecule has 1 aromatic carbocycles. The number of carbonyl (C=O) groups is 1. The van der Waals surface area contributed by atoms with Crippen molar-refractivity contribution in [3.05, 3.63) is 64.3 Å². The van der Waals surface area contributed by atoms with E-state index < -0.39 is 0 Å². The fourth-order valence-electron chi connectivity index (χ4n) is 3.36. The molecule has 7 heteroatoms. The van der Waals surface area contributed by atoms with Crippen molar-refractivity contribution in [2.45, 2.75) is 31.7 Å². The molecule has 0 aliphatic heterocycles. The van der Waals surface area contributed by atoms with Crippen LogP contribution in [0.15, 0.2) is 48.7 Å². The van der Waals surface area contributed by atoms with Crippen molar-refractivity contribution in [2.75, 3.05) is 6.61 Å². The van der Waals surface area contributed by atoms with E-state index >= 15 is 0 Å². The van der Waals surface area contributed by atoms with Crippen molar-refractivity contribution in [3.8, 4) is 11.6 Å². The van der Waals surface area contributed by atoms with Gasteiger partial charge < -0.3 is 15.2 Å². The van der Waals surface area contributed by atoms with Crippen LogP contribution >= 0.6 is 23.2 Å². The highest BCUT2D eigenvalue weighted by Gasteiger charge is 2.25. The largest absolute Gasteiger partial charge is 0.438 e. The lowest BCUT2D eigenvalue weighted by Crippen LogP contribution is -2.39. The van der Waals surface area contributed by atoms with E-state index in [-0.39, 0.29) is 24.4 Å². The van der Waals surface area contributed by atoms with Crippen LogP contribution in [0.2, 0.25) is 10.0 Å². The van der Waals surface area contributed by atoms with Gasteiger partial charge in [0.15, 0.2) is 0 Å². The maximum atomic E-state index is 12.7. The van der Waals surface area contributed by atoms with Crippen LogP contribution < -0.4 is 10.1 Å². The molecule has 1 aliphatic carbocycles. The van der Waals surface area contributed by atoms with Gasteiger partial charge in [-0.15, -0.1) is 0 Å². The summed E-state index contributed by atoms with van der Waals surface area (Å²) in [6.45, 7) is 4.30. The standard InChI is InChI=1S/C21H22Cl2N2O3/c1-13-9-14(7-8-26)5-6-19(13)25-20(27)15-3-2-4-17(10-15)28-21-18(23)11-16(22)12-24-21/h2-4,10-12,14,19,26H,1,5-9H2,(H,25,27). The highest BCUT2D eigenvalue weighted by atomic mass is 35.5. The fraction of sp³-hybridized carbons (Fsp3) is 0.333. The molecule has 0 spiro atoms. The number of nitrogens with one attached hydrogen (secondary N) is 1. The minimum Gasteiger partial charge on any atom is -0.438 e. The molecule has 2 aromatic rings. The molecule has 1 fully saturated rings. The number of nitrogens with zero attached hydrogens (tertiary/aromatic N) is 1. The van der Waals surface area contributed by atoms with Gasteiger partial charge in [0.05, 0.1) is 11.1 Å². The summed E-state index contributed by atoms with van der Waals surface area (Å²) in [7, 11) is 0. The van der Waals surface area contributed by atoms with E-state index in [1.165, 1.54) is 6.20 Å².